The number of hydrogen-bond acceptors (Lipinski definition) is 2. The van der Waals surface area contributed by atoms with Crippen LogP contribution in [0, 0.1) is 5.92 Å². The standard InChI is InChI=1S/C15H19BrClNO2/c16-14-3-2-13(17)9-12(14)10-18-7-5-11(6-8-18)1-4-15(19)20/h2-3,9,11H,1,4-8,10H2,(H,19,20). The maximum absolute atomic E-state index is 10.6. The minimum atomic E-state index is -0.685. The van der Waals surface area contributed by atoms with Crippen LogP contribution in [0.15, 0.2) is 22.7 Å². The summed E-state index contributed by atoms with van der Waals surface area (Å²) in [5.74, 6) is -0.125. The Morgan fingerprint density at radius 1 is 1.40 bits per heavy atom. The fraction of sp³-hybridized carbons (Fsp3) is 0.533. The van der Waals surface area contributed by atoms with E-state index in [1.54, 1.807) is 0 Å². The van der Waals surface area contributed by atoms with Gasteiger partial charge >= 0.3 is 5.97 Å². The molecule has 0 bridgehead atoms. The number of halogens is 2. The first-order valence-electron chi connectivity index (χ1n) is 6.92. The number of nitrogens with zero attached hydrogens (tertiary/aromatic N) is 1. The van der Waals surface area contributed by atoms with Crippen LogP contribution in [0.3, 0.4) is 0 Å². The zero-order valence-corrected chi connectivity index (χ0v) is 13.7. The fourth-order valence-corrected chi connectivity index (χ4v) is 3.23. The van der Waals surface area contributed by atoms with Gasteiger partial charge in [-0.15, -0.1) is 0 Å². The third-order valence-electron chi connectivity index (χ3n) is 3.88. The van der Waals surface area contributed by atoms with E-state index in [-0.39, 0.29) is 0 Å². The Hall–Kier alpha value is -0.580. The zero-order chi connectivity index (χ0) is 14.5. The lowest BCUT2D eigenvalue weighted by molar-refractivity contribution is -0.137. The zero-order valence-electron chi connectivity index (χ0n) is 11.3. The van der Waals surface area contributed by atoms with Gasteiger partial charge in [0.05, 0.1) is 0 Å². The highest BCUT2D eigenvalue weighted by atomic mass is 79.9. The van der Waals surface area contributed by atoms with Gasteiger partial charge in [-0.25, -0.2) is 0 Å². The largest absolute Gasteiger partial charge is 0.481 e. The summed E-state index contributed by atoms with van der Waals surface area (Å²) in [5.41, 5.74) is 1.21. The molecule has 0 radical (unpaired) electrons. The molecule has 110 valence electrons. The molecule has 20 heavy (non-hydrogen) atoms. The summed E-state index contributed by atoms with van der Waals surface area (Å²) in [6, 6.07) is 5.87. The second kappa shape index (κ2) is 7.43. The van der Waals surface area contributed by atoms with Gasteiger partial charge in [-0.2, -0.15) is 0 Å². The predicted octanol–water partition coefficient (Wildman–Crippen LogP) is 4.18. The Bertz CT molecular complexity index is 473. The number of aliphatic carboxylic acids is 1. The van der Waals surface area contributed by atoms with Crippen molar-refractivity contribution in [1.29, 1.82) is 0 Å². The minimum absolute atomic E-state index is 0.296. The number of piperidine rings is 1. The molecule has 1 aliphatic heterocycles. The van der Waals surface area contributed by atoms with Gasteiger partial charge in [0, 0.05) is 22.5 Å². The molecule has 0 spiro atoms. The van der Waals surface area contributed by atoms with Gasteiger partial charge in [-0.05, 0) is 62.0 Å². The molecule has 5 heteroatoms. The van der Waals surface area contributed by atoms with Crippen molar-refractivity contribution in [2.24, 2.45) is 5.92 Å². The van der Waals surface area contributed by atoms with E-state index in [1.165, 1.54) is 5.56 Å². The van der Waals surface area contributed by atoms with Crippen molar-refractivity contribution in [3.63, 3.8) is 0 Å². The first-order valence-corrected chi connectivity index (χ1v) is 8.10. The van der Waals surface area contributed by atoms with Crippen molar-refractivity contribution >= 4 is 33.5 Å². The molecule has 1 saturated heterocycles. The average Bonchev–Trinajstić information content (AvgIpc) is 2.42. The summed E-state index contributed by atoms with van der Waals surface area (Å²) in [6.45, 7) is 2.96. The van der Waals surface area contributed by atoms with Crippen LogP contribution in [0.5, 0.6) is 0 Å². The monoisotopic (exact) mass is 359 g/mol. The van der Waals surface area contributed by atoms with Crippen molar-refractivity contribution in [3.8, 4) is 0 Å². The van der Waals surface area contributed by atoms with E-state index in [9.17, 15) is 4.79 Å². The van der Waals surface area contributed by atoms with E-state index in [0.717, 1.165) is 48.4 Å². The summed E-state index contributed by atoms with van der Waals surface area (Å²) < 4.78 is 1.09. The number of rotatable bonds is 5. The van der Waals surface area contributed by atoms with Crippen molar-refractivity contribution in [3.05, 3.63) is 33.3 Å². The Labute approximate surface area is 133 Å². The molecule has 1 heterocycles. The van der Waals surface area contributed by atoms with Crippen LogP contribution in [0.1, 0.15) is 31.2 Å². The minimum Gasteiger partial charge on any atom is -0.481 e. The van der Waals surface area contributed by atoms with Gasteiger partial charge in [0.2, 0.25) is 0 Å². The summed E-state index contributed by atoms with van der Waals surface area (Å²) in [7, 11) is 0. The molecular weight excluding hydrogens is 342 g/mol. The topological polar surface area (TPSA) is 40.5 Å². The molecule has 1 fully saturated rings. The Kier molecular flexibility index (Phi) is 5.87. The van der Waals surface area contributed by atoms with E-state index in [2.05, 4.69) is 20.8 Å². The van der Waals surface area contributed by atoms with Crippen LogP contribution in [-0.4, -0.2) is 29.1 Å². The summed E-state index contributed by atoms with van der Waals surface area (Å²) in [4.78, 5) is 13.0. The second-order valence-electron chi connectivity index (χ2n) is 5.39. The molecule has 0 saturated carbocycles. The van der Waals surface area contributed by atoms with E-state index in [4.69, 9.17) is 16.7 Å². The number of carboxylic acid groups (broad SMARTS) is 1. The first kappa shape index (κ1) is 15.8. The molecule has 1 aliphatic rings. The highest BCUT2D eigenvalue weighted by Crippen LogP contribution is 2.26. The predicted molar refractivity (Wildman–Crippen MR) is 84.0 cm³/mol. The SMILES string of the molecule is O=C(O)CCC1CCN(Cc2cc(Cl)ccc2Br)CC1. The van der Waals surface area contributed by atoms with E-state index >= 15 is 0 Å². The molecule has 0 aromatic heterocycles. The Morgan fingerprint density at radius 2 is 2.10 bits per heavy atom. The number of benzene rings is 1. The molecular formula is C15H19BrClNO2. The lowest BCUT2D eigenvalue weighted by Crippen LogP contribution is -2.33. The number of carbonyl (C=O) groups is 1. The van der Waals surface area contributed by atoms with Gasteiger partial charge in [0.25, 0.3) is 0 Å². The van der Waals surface area contributed by atoms with Crippen molar-refractivity contribution in [2.45, 2.75) is 32.2 Å². The molecule has 1 aromatic carbocycles. The van der Waals surface area contributed by atoms with Crippen LogP contribution in [0.25, 0.3) is 0 Å². The molecule has 0 atom stereocenters. The summed E-state index contributed by atoms with van der Waals surface area (Å²) >= 11 is 9.59. The van der Waals surface area contributed by atoms with Gasteiger partial charge in [-0.1, -0.05) is 27.5 Å². The molecule has 3 nitrogen and oxygen atoms in total. The third-order valence-corrected chi connectivity index (χ3v) is 4.88. The van der Waals surface area contributed by atoms with E-state index in [1.807, 2.05) is 18.2 Å². The van der Waals surface area contributed by atoms with Crippen molar-refractivity contribution in [1.82, 2.24) is 4.90 Å². The highest BCUT2D eigenvalue weighted by molar-refractivity contribution is 9.10. The number of carboxylic acids is 1. The fourth-order valence-electron chi connectivity index (χ4n) is 2.67. The molecule has 0 unspecified atom stereocenters. The normalized spacial score (nSPS) is 17.3. The van der Waals surface area contributed by atoms with Crippen LogP contribution < -0.4 is 0 Å². The molecule has 0 aliphatic carbocycles. The van der Waals surface area contributed by atoms with E-state index < -0.39 is 5.97 Å². The average molecular weight is 361 g/mol. The van der Waals surface area contributed by atoms with E-state index in [0.29, 0.717) is 12.3 Å². The van der Waals surface area contributed by atoms with Crippen molar-refractivity contribution < 1.29 is 9.90 Å². The third kappa shape index (κ3) is 4.76. The lowest BCUT2D eigenvalue weighted by atomic mass is 9.92. The highest BCUT2D eigenvalue weighted by Gasteiger charge is 2.20. The maximum Gasteiger partial charge on any atom is 0.303 e. The van der Waals surface area contributed by atoms with Crippen LogP contribution >= 0.6 is 27.5 Å². The summed E-state index contributed by atoms with van der Waals surface area (Å²) in [5, 5.41) is 9.48. The maximum atomic E-state index is 10.6. The lowest BCUT2D eigenvalue weighted by Gasteiger charge is -2.32. The molecule has 1 N–H and O–H groups in total. The van der Waals surface area contributed by atoms with Crippen LogP contribution in [-0.2, 0) is 11.3 Å². The Balaban J connectivity index is 1.82. The molecule has 2 rings (SSSR count). The number of likely N-dealkylation sites (tertiary alicyclic amines) is 1. The van der Waals surface area contributed by atoms with Crippen molar-refractivity contribution in [2.75, 3.05) is 13.1 Å². The van der Waals surface area contributed by atoms with Gasteiger partial charge in [0.15, 0.2) is 0 Å². The quantitative estimate of drug-likeness (QED) is 0.856. The van der Waals surface area contributed by atoms with Gasteiger partial charge in [0.1, 0.15) is 0 Å². The molecule has 1 aromatic rings. The van der Waals surface area contributed by atoms with Gasteiger partial charge < -0.3 is 5.11 Å². The smallest absolute Gasteiger partial charge is 0.303 e. The first-order chi connectivity index (χ1) is 9.54. The second-order valence-corrected chi connectivity index (χ2v) is 6.68. The van der Waals surface area contributed by atoms with Gasteiger partial charge in [-0.3, -0.25) is 9.69 Å². The summed E-state index contributed by atoms with van der Waals surface area (Å²) in [6.07, 6.45) is 3.28. The van der Waals surface area contributed by atoms with Crippen LogP contribution in [0.2, 0.25) is 5.02 Å². The Morgan fingerprint density at radius 3 is 2.75 bits per heavy atom. The molecule has 0 amide bonds. The van der Waals surface area contributed by atoms with Crippen LogP contribution in [0.4, 0.5) is 0 Å². The number of hydrogen-bond donors (Lipinski definition) is 1.